The number of aliphatic imine (C=N–C) groups is 1. The van der Waals surface area contributed by atoms with E-state index in [0.717, 1.165) is 47.1 Å². The molecule has 0 fully saturated rings. The second-order valence-corrected chi connectivity index (χ2v) is 7.65. The van der Waals surface area contributed by atoms with Gasteiger partial charge in [0.2, 0.25) is 5.95 Å². The first-order valence-electron chi connectivity index (χ1n) is 9.91. The molecule has 0 unspecified atom stereocenters. The fraction of sp³-hybridized carbons (Fsp3) is 0.208. The van der Waals surface area contributed by atoms with Crippen molar-refractivity contribution in [2.45, 2.75) is 20.8 Å². The number of nitrogens with zero attached hydrogens (tertiary/aromatic N) is 4. The van der Waals surface area contributed by atoms with Gasteiger partial charge in [-0.25, -0.2) is 4.98 Å². The molecule has 0 amide bonds. The highest BCUT2D eigenvalue weighted by molar-refractivity contribution is 6.35. The van der Waals surface area contributed by atoms with Gasteiger partial charge in [-0.3, -0.25) is 4.99 Å². The largest absolute Gasteiger partial charge is 0.324 e. The zero-order valence-electron chi connectivity index (χ0n) is 16.9. The number of benzene rings is 2. The molecule has 2 aliphatic rings. The van der Waals surface area contributed by atoms with Crippen LogP contribution in [0.2, 0.25) is 0 Å². The second-order valence-electron chi connectivity index (χ2n) is 7.65. The normalized spacial score (nSPS) is 14.8. The van der Waals surface area contributed by atoms with Gasteiger partial charge in [0.15, 0.2) is 0 Å². The minimum absolute atomic E-state index is 0.604. The van der Waals surface area contributed by atoms with Crippen molar-refractivity contribution in [2.75, 3.05) is 23.3 Å². The highest BCUT2D eigenvalue weighted by Gasteiger charge is 2.30. The standard InChI is InChI=1S/C24H23N5/c1-15-8-9-19(17(3)12-15)20-13-18-14-26-24(27-21-7-5-4-6-16(21)2)28-22(18)29-11-10-25-23(20)29/h4-9,12-14H,10-11H2,1-3H3,(H,26,27,28). The van der Waals surface area contributed by atoms with Crippen molar-refractivity contribution in [1.29, 1.82) is 0 Å². The number of aromatic nitrogens is 2. The highest BCUT2D eigenvalue weighted by atomic mass is 15.3. The topological polar surface area (TPSA) is 53.4 Å². The molecule has 0 saturated carbocycles. The number of anilines is 3. The van der Waals surface area contributed by atoms with Gasteiger partial charge >= 0.3 is 0 Å². The molecule has 1 aromatic heterocycles. The molecule has 0 saturated heterocycles. The fourth-order valence-electron chi connectivity index (χ4n) is 4.01. The van der Waals surface area contributed by atoms with Crippen LogP contribution in [0.25, 0.3) is 11.6 Å². The van der Waals surface area contributed by atoms with Gasteiger partial charge in [-0.1, -0.05) is 42.0 Å². The lowest BCUT2D eigenvalue weighted by molar-refractivity contribution is 0.986. The van der Waals surface area contributed by atoms with Gasteiger partial charge in [-0.05, 0) is 49.6 Å². The van der Waals surface area contributed by atoms with Crippen molar-refractivity contribution >= 4 is 34.9 Å². The summed E-state index contributed by atoms with van der Waals surface area (Å²) in [5, 5.41) is 3.35. The summed E-state index contributed by atoms with van der Waals surface area (Å²) in [5.74, 6) is 2.53. The number of rotatable bonds is 3. The van der Waals surface area contributed by atoms with Crippen LogP contribution < -0.4 is 10.2 Å². The van der Waals surface area contributed by atoms with Crippen LogP contribution in [-0.2, 0) is 0 Å². The molecule has 0 radical (unpaired) electrons. The third-order valence-electron chi connectivity index (χ3n) is 5.50. The zero-order valence-corrected chi connectivity index (χ0v) is 16.9. The van der Waals surface area contributed by atoms with Gasteiger partial charge in [-0.15, -0.1) is 0 Å². The van der Waals surface area contributed by atoms with E-state index < -0.39 is 0 Å². The Balaban J connectivity index is 1.57. The van der Waals surface area contributed by atoms with Crippen molar-refractivity contribution < 1.29 is 0 Å². The maximum atomic E-state index is 4.84. The Hall–Kier alpha value is -3.47. The van der Waals surface area contributed by atoms with Crippen LogP contribution in [-0.4, -0.2) is 28.9 Å². The Labute approximate surface area is 170 Å². The van der Waals surface area contributed by atoms with E-state index in [9.17, 15) is 0 Å². The molecule has 3 heterocycles. The molecular formula is C24H23N5. The van der Waals surface area contributed by atoms with Crippen molar-refractivity contribution in [3.05, 3.63) is 76.5 Å². The Morgan fingerprint density at radius 1 is 1.00 bits per heavy atom. The van der Waals surface area contributed by atoms with Crippen LogP contribution in [0.15, 0.2) is 53.7 Å². The van der Waals surface area contributed by atoms with Crippen LogP contribution in [0.1, 0.15) is 27.8 Å². The molecule has 0 bridgehead atoms. The minimum Gasteiger partial charge on any atom is -0.324 e. The fourth-order valence-corrected chi connectivity index (χ4v) is 4.01. The molecule has 144 valence electrons. The van der Waals surface area contributed by atoms with Gasteiger partial charge < -0.3 is 10.2 Å². The molecule has 3 aromatic rings. The summed E-state index contributed by atoms with van der Waals surface area (Å²) in [4.78, 5) is 16.4. The van der Waals surface area contributed by atoms with Crippen LogP contribution in [0, 0.1) is 20.8 Å². The Morgan fingerprint density at radius 2 is 1.86 bits per heavy atom. The summed E-state index contributed by atoms with van der Waals surface area (Å²) in [6.07, 6.45) is 4.08. The molecule has 0 spiro atoms. The third kappa shape index (κ3) is 3.09. The number of amidine groups is 1. The molecule has 0 aliphatic carbocycles. The lowest BCUT2D eigenvalue weighted by Crippen LogP contribution is -2.32. The lowest BCUT2D eigenvalue weighted by atomic mass is 9.94. The molecule has 29 heavy (non-hydrogen) atoms. The first-order valence-corrected chi connectivity index (χ1v) is 9.91. The average Bonchev–Trinajstić information content (AvgIpc) is 3.20. The summed E-state index contributed by atoms with van der Waals surface area (Å²) in [6.45, 7) is 7.97. The second kappa shape index (κ2) is 6.85. The smallest absolute Gasteiger partial charge is 0.229 e. The van der Waals surface area contributed by atoms with Gasteiger partial charge in [0.05, 0.1) is 6.54 Å². The van der Waals surface area contributed by atoms with Gasteiger partial charge in [0.1, 0.15) is 11.7 Å². The maximum Gasteiger partial charge on any atom is 0.229 e. The zero-order chi connectivity index (χ0) is 20.0. The number of hydrogen-bond donors (Lipinski definition) is 1. The van der Waals surface area contributed by atoms with Gasteiger partial charge in [0.25, 0.3) is 0 Å². The van der Waals surface area contributed by atoms with Crippen molar-refractivity contribution in [3.8, 4) is 0 Å². The first kappa shape index (κ1) is 17.6. The Bertz CT molecular complexity index is 1180. The van der Waals surface area contributed by atoms with E-state index in [4.69, 9.17) is 9.98 Å². The van der Waals surface area contributed by atoms with Crippen LogP contribution >= 0.6 is 0 Å². The molecule has 2 aliphatic heterocycles. The van der Waals surface area contributed by atoms with E-state index in [-0.39, 0.29) is 0 Å². The first-order chi connectivity index (χ1) is 14.1. The van der Waals surface area contributed by atoms with E-state index in [0.29, 0.717) is 5.95 Å². The maximum absolute atomic E-state index is 4.84. The minimum atomic E-state index is 0.604. The molecule has 5 nitrogen and oxygen atoms in total. The molecule has 5 rings (SSSR count). The lowest BCUT2D eigenvalue weighted by Gasteiger charge is -2.28. The van der Waals surface area contributed by atoms with Gasteiger partial charge in [-0.2, -0.15) is 4.98 Å². The summed E-state index contributed by atoms with van der Waals surface area (Å²) in [7, 11) is 0. The monoisotopic (exact) mass is 381 g/mol. The summed E-state index contributed by atoms with van der Waals surface area (Å²) < 4.78 is 0. The molecule has 0 atom stereocenters. The van der Waals surface area contributed by atoms with Crippen molar-refractivity contribution in [3.63, 3.8) is 0 Å². The summed E-state index contributed by atoms with van der Waals surface area (Å²) >= 11 is 0. The van der Waals surface area contributed by atoms with Crippen LogP contribution in [0.3, 0.4) is 0 Å². The number of hydrogen-bond acceptors (Lipinski definition) is 5. The predicted molar refractivity (Wildman–Crippen MR) is 120 cm³/mol. The summed E-state index contributed by atoms with van der Waals surface area (Å²) in [6, 6.07) is 14.7. The van der Waals surface area contributed by atoms with E-state index in [2.05, 4.69) is 66.3 Å². The van der Waals surface area contributed by atoms with Crippen LogP contribution in [0.5, 0.6) is 0 Å². The highest BCUT2D eigenvalue weighted by Crippen LogP contribution is 2.36. The Morgan fingerprint density at radius 3 is 2.69 bits per heavy atom. The van der Waals surface area contributed by atoms with Crippen molar-refractivity contribution in [1.82, 2.24) is 9.97 Å². The van der Waals surface area contributed by atoms with E-state index in [1.54, 1.807) is 0 Å². The van der Waals surface area contributed by atoms with Crippen molar-refractivity contribution in [2.24, 2.45) is 4.99 Å². The number of aryl methyl sites for hydroxylation is 3. The number of fused-ring (bicyclic) bond motifs is 3. The van der Waals surface area contributed by atoms with E-state index >= 15 is 0 Å². The van der Waals surface area contributed by atoms with E-state index in [1.165, 1.54) is 16.7 Å². The molecule has 5 heteroatoms. The average molecular weight is 381 g/mol. The van der Waals surface area contributed by atoms with E-state index in [1.807, 2.05) is 24.4 Å². The number of nitrogens with one attached hydrogen (secondary N) is 1. The SMILES string of the molecule is Cc1ccc(C2=Cc3cnc(Nc4ccccc4C)nc3N3CCN=C23)c(C)c1. The van der Waals surface area contributed by atoms with Crippen LogP contribution in [0.4, 0.5) is 17.5 Å². The Kier molecular flexibility index (Phi) is 4.16. The number of para-hydroxylation sites is 1. The molecule has 1 N–H and O–H groups in total. The molecular weight excluding hydrogens is 358 g/mol. The van der Waals surface area contributed by atoms with Gasteiger partial charge in [0, 0.05) is 29.6 Å². The summed E-state index contributed by atoms with van der Waals surface area (Å²) in [5.41, 5.74) is 8.09. The third-order valence-corrected chi connectivity index (χ3v) is 5.50. The molecule has 2 aromatic carbocycles. The predicted octanol–water partition coefficient (Wildman–Crippen LogP) is 4.92. The quantitative estimate of drug-likeness (QED) is 0.700.